The minimum atomic E-state index is -0.978. The van der Waals surface area contributed by atoms with Crippen molar-refractivity contribution < 1.29 is 14.3 Å². The average Bonchev–Trinajstić information content (AvgIpc) is 3.17. The van der Waals surface area contributed by atoms with Crippen molar-refractivity contribution in [2.24, 2.45) is 0 Å². The Morgan fingerprint density at radius 3 is 2.66 bits per heavy atom. The molecule has 0 aliphatic carbocycles. The van der Waals surface area contributed by atoms with E-state index in [1.807, 2.05) is 30.3 Å². The van der Waals surface area contributed by atoms with Crippen LogP contribution in [0.3, 0.4) is 0 Å². The summed E-state index contributed by atoms with van der Waals surface area (Å²) in [6, 6.07) is 21.3. The van der Waals surface area contributed by atoms with Crippen LogP contribution in [0.1, 0.15) is 17.2 Å². The van der Waals surface area contributed by atoms with Gasteiger partial charge in [0.1, 0.15) is 5.82 Å². The third-order valence-corrected chi connectivity index (χ3v) is 5.01. The number of carbonyl (C=O) groups is 1. The van der Waals surface area contributed by atoms with Gasteiger partial charge in [-0.05, 0) is 60.0 Å². The maximum atomic E-state index is 13.2. The van der Waals surface area contributed by atoms with E-state index in [0.717, 1.165) is 18.7 Å². The van der Waals surface area contributed by atoms with Crippen molar-refractivity contribution >= 4 is 23.1 Å². The molecule has 0 bridgehead atoms. The van der Waals surface area contributed by atoms with Crippen molar-refractivity contribution in [2.45, 2.75) is 12.5 Å². The van der Waals surface area contributed by atoms with Gasteiger partial charge in [0.05, 0.1) is 6.10 Å². The number of urea groups is 1. The first-order valence-corrected chi connectivity index (χ1v) is 9.54. The SMILES string of the molecule is O=C(NCC(O)c1cccc(F)c1)Nc1ccc(N2CCc3ccccc32)cc1. The molecule has 29 heavy (non-hydrogen) atoms. The minimum Gasteiger partial charge on any atom is -0.387 e. The van der Waals surface area contributed by atoms with Gasteiger partial charge in [0, 0.05) is 30.2 Å². The Hall–Kier alpha value is -3.38. The number of para-hydroxylation sites is 1. The number of benzene rings is 3. The number of hydrogen-bond acceptors (Lipinski definition) is 3. The number of amides is 2. The number of halogens is 1. The fourth-order valence-corrected chi connectivity index (χ4v) is 3.53. The van der Waals surface area contributed by atoms with Crippen LogP contribution in [0.15, 0.2) is 72.8 Å². The van der Waals surface area contributed by atoms with Gasteiger partial charge < -0.3 is 20.6 Å². The van der Waals surface area contributed by atoms with Crippen molar-refractivity contribution in [3.63, 3.8) is 0 Å². The second kappa shape index (κ2) is 8.32. The lowest BCUT2D eigenvalue weighted by Gasteiger charge is -2.20. The van der Waals surface area contributed by atoms with Crippen LogP contribution >= 0.6 is 0 Å². The van der Waals surface area contributed by atoms with E-state index in [9.17, 15) is 14.3 Å². The van der Waals surface area contributed by atoms with E-state index in [1.165, 1.54) is 29.4 Å². The fraction of sp³-hybridized carbons (Fsp3) is 0.174. The first-order valence-electron chi connectivity index (χ1n) is 9.54. The number of nitrogens with one attached hydrogen (secondary N) is 2. The average molecular weight is 391 g/mol. The van der Waals surface area contributed by atoms with E-state index in [4.69, 9.17) is 0 Å². The van der Waals surface area contributed by atoms with Gasteiger partial charge in [-0.15, -0.1) is 0 Å². The molecule has 3 N–H and O–H groups in total. The Balaban J connectivity index is 1.32. The van der Waals surface area contributed by atoms with Gasteiger partial charge in [0.15, 0.2) is 0 Å². The van der Waals surface area contributed by atoms with E-state index < -0.39 is 18.0 Å². The first kappa shape index (κ1) is 19.0. The summed E-state index contributed by atoms with van der Waals surface area (Å²) in [6.07, 6.45) is 0.0423. The van der Waals surface area contributed by atoms with Gasteiger partial charge >= 0.3 is 6.03 Å². The zero-order valence-corrected chi connectivity index (χ0v) is 15.8. The van der Waals surface area contributed by atoms with Gasteiger partial charge in [-0.25, -0.2) is 9.18 Å². The van der Waals surface area contributed by atoms with Crippen molar-refractivity contribution in [2.75, 3.05) is 23.3 Å². The highest BCUT2D eigenvalue weighted by Crippen LogP contribution is 2.34. The highest BCUT2D eigenvalue weighted by molar-refractivity contribution is 5.89. The van der Waals surface area contributed by atoms with Gasteiger partial charge in [-0.3, -0.25) is 0 Å². The quantitative estimate of drug-likeness (QED) is 0.605. The molecule has 1 aliphatic heterocycles. The number of nitrogens with zero attached hydrogens (tertiary/aromatic N) is 1. The minimum absolute atomic E-state index is 0.0159. The lowest BCUT2D eigenvalue weighted by molar-refractivity contribution is 0.174. The number of aliphatic hydroxyl groups excluding tert-OH is 1. The third-order valence-electron chi connectivity index (χ3n) is 5.01. The van der Waals surface area contributed by atoms with E-state index in [0.29, 0.717) is 11.3 Å². The van der Waals surface area contributed by atoms with Gasteiger partial charge in [-0.2, -0.15) is 0 Å². The molecule has 2 amide bonds. The van der Waals surface area contributed by atoms with Crippen LogP contribution in [0.2, 0.25) is 0 Å². The van der Waals surface area contributed by atoms with Gasteiger partial charge in [-0.1, -0.05) is 30.3 Å². The molecule has 148 valence electrons. The van der Waals surface area contributed by atoms with Crippen LogP contribution in [0.25, 0.3) is 0 Å². The Labute approximate surface area is 168 Å². The maximum absolute atomic E-state index is 13.2. The Bertz CT molecular complexity index is 1010. The number of fused-ring (bicyclic) bond motifs is 1. The van der Waals surface area contributed by atoms with Crippen molar-refractivity contribution in [3.8, 4) is 0 Å². The maximum Gasteiger partial charge on any atom is 0.319 e. The molecule has 0 fully saturated rings. The zero-order valence-electron chi connectivity index (χ0n) is 15.8. The lowest BCUT2D eigenvalue weighted by atomic mass is 10.1. The van der Waals surface area contributed by atoms with E-state index in [2.05, 4.69) is 33.7 Å². The van der Waals surface area contributed by atoms with Crippen LogP contribution in [0, 0.1) is 5.82 Å². The highest BCUT2D eigenvalue weighted by Gasteiger charge is 2.19. The second-order valence-corrected chi connectivity index (χ2v) is 6.98. The summed E-state index contributed by atoms with van der Waals surface area (Å²) < 4.78 is 13.2. The molecule has 1 atom stereocenters. The summed E-state index contributed by atoms with van der Waals surface area (Å²) in [7, 11) is 0. The number of anilines is 3. The topological polar surface area (TPSA) is 64.6 Å². The van der Waals surface area contributed by atoms with Gasteiger partial charge in [0.2, 0.25) is 0 Å². The molecule has 0 aromatic heterocycles. The Morgan fingerprint density at radius 1 is 1.07 bits per heavy atom. The predicted molar refractivity (Wildman–Crippen MR) is 112 cm³/mol. The predicted octanol–water partition coefficient (Wildman–Crippen LogP) is 4.38. The second-order valence-electron chi connectivity index (χ2n) is 6.98. The monoisotopic (exact) mass is 391 g/mol. The van der Waals surface area contributed by atoms with E-state index in [-0.39, 0.29) is 6.54 Å². The molecular weight excluding hydrogens is 369 g/mol. The van der Waals surface area contributed by atoms with Crippen molar-refractivity contribution in [3.05, 3.63) is 89.7 Å². The highest BCUT2D eigenvalue weighted by atomic mass is 19.1. The van der Waals surface area contributed by atoms with Crippen LogP contribution < -0.4 is 15.5 Å². The van der Waals surface area contributed by atoms with Crippen LogP contribution in [-0.4, -0.2) is 24.2 Å². The van der Waals surface area contributed by atoms with E-state index >= 15 is 0 Å². The molecule has 4 rings (SSSR count). The Morgan fingerprint density at radius 2 is 1.86 bits per heavy atom. The fourth-order valence-electron chi connectivity index (χ4n) is 3.53. The number of hydrogen-bond donors (Lipinski definition) is 3. The third kappa shape index (κ3) is 4.38. The first-order chi connectivity index (χ1) is 14.1. The summed E-state index contributed by atoms with van der Waals surface area (Å²) in [5.41, 5.74) is 4.70. The lowest BCUT2D eigenvalue weighted by Crippen LogP contribution is -2.32. The van der Waals surface area contributed by atoms with E-state index in [1.54, 1.807) is 6.07 Å². The van der Waals surface area contributed by atoms with Crippen LogP contribution in [0.4, 0.5) is 26.2 Å². The van der Waals surface area contributed by atoms with Crippen molar-refractivity contribution in [1.29, 1.82) is 0 Å². The number of carbonyl (C=O) groups excluding carboxylic acids is 1. The standard InChI is InChI=1S/C23H22FN3O2/c24-18-6-3-5-17(14-18)22(28)15-25-23(29)26-19-8-10-20(11-9-19)27-13-12-16-4-1-2-7-21(16)27/h1-11,14,22,28H,12-13,15H2,(H2,25,26,29). The molecule has 3 aromatic rings. The van der Waals surface area contributed by atoms with Gasteiger partial charge in [0.25, 0.3) is 0 Å². The largest absolute Gasteiger partial charge is 0.387 e. The molecule has 0 spiro atoms. The number of rotatable bonds is 5. The molecule has 1 unspecified atom stereocenters. The molecule has 3 aromatic carbocycles. The molecule has 0 saturated carbocycles. The Kier molecular flexibility index (Phi) is 5.44. The molecule has 0 radical (unpaired) electrons. The van der Waals surface area contributed by atoms with Crippen molar-refractivity contribution in [1.82, 2.24) is 5.32 Å². The summed E-state index contributed by atoms with van der Waals surface area (Å²) in [5, 5.41) is 15.4. The van der Waals surface area contributed by atoms with Crippen LogP contribution in [0.5, 0.6) is 0 Å². The summed E-state index contributed by atoms with van der Waals surface area (Å²) in [4.78, 5) is 14.4. The molecule has 1 aliphatic rings. The molecule has 6 heteroatoms. The summed E-state index contributed by atoms with van der Waals surface area (Å²) in [5.74, 6) is -0.424. The number of aliphatic hydroxyl groups is 1. The van der Waals surface area contributed by atoms with Crippen LogP contribution in [-0.2, 0) is 6.42 Å². The molecule has 5 nitrogen and oxygen atoms in total. The normalized spacial score (nSPS) is 13.7. The summed E-state index contributed by atoms with van der Waals surface area (Å²) >= 11 is 0. The molecule has 1 heterocycles. The molecular formula is C23H22FN3O2. The summed E-state index contributed by atoms with van der Waals surface area (Å²) in [6.45, 7) is 0.919. The smallest absolute Gasteiger partial charge is 0.319 e. The zero-order chi connectivity index (χ0) is 20.2. The molecule has 0 saturated heterocycles.